The van der Waals surface area contributed by atoms with Crippen molar-refractivity contribution in [1.29, 1.82) is 0 Å². The van der Waals surface area contributed by atoms with E-state index in [1.165, 1.54) is 4.57 Å². The van der Waals surface area contributed by atoms with E-state index in [9.17, 15) is 18.4 Å². The van der Waals surface area contributed by atoms with Gasteiger partial charge in [-0.1, -0.05) is 37.6 Å². The zero-order valence-corrected chi connectivity index (χ0v) is 16.1. The minimum atomic E-state index is -1.12. The lowest BCUT2D eigenvalue weighted by Gasteiger charge is -2.18. The third-order valence-corrected chi connectivity index (χ3v) is 5.48. The molecule has 30 heavy (non-hydrogen) atoms. The second kappa shape index (κ2) is 6.73. The largest absolute Gasteiger partial charge is 0.342 e. The third kappa shape index (κ3) is 2.69. The molecule has 0 saturated carbocycles. The Hall–Kier alpha value is -3.61. The molecule has 3 aromatic carbocycles. The van der Waals surface area contributed by atoms with Crippen molar-refractivity contribution in [2.75, 3.05) is 0 Å². The highest BCUT2D eigenvalue weighted by Crippen LogP contribution is 2.30. The molecule has 4 aromatic rings. The van der Waals surface area contributed by atoms with E-state index >= 15 is 0 Å². The maximum Gasteiger partial charge on any atom is 0.266 e. The second-order valence-electron chi connectivity index (χ2n) is 7.43. The number of halogens is 2. The molecule has 5 rings (SSSR count). The standard InChI is InChI=1S/C23H17F2N3O2/c1-2-5-18-21-26-19-11-17(25)16(24)10-14(19)23(30)28(21)20-9-13-7-4-3-6-12(13)8-15(20)22(29)27-18/h3-4,6-11,18H,2,5H2,1H3,(H,27,29). The van der Waals surface area contributed by atoms with Crippen LogP contribution in [0.2, 0.25) is 0 Å². The molecule has 0 saturated heterocycles. The van der Waals surface area contributed by atoms with Crippen molar-refractivity contribution in [1.82, 2.24) is 14.9 Å². The summed E-state index contributed by atoms with van der Waals surface area (Å²) in [5, 5.41) is 4.61. The first kappa shape index (κ1) is 18.4. The monoisotopic (exact) mass is 405 g/mol. The van der Waals surface area contributed by atoms with Gasteiger partial charge in [0.1, 0.15) is 5.82 Å². The minimum absolute atomic E-state index is 0.0404. The minimum Gasteiger partial charge on any atom is -0.342 e. The summed E-state index contributed by atoms with van der Waals surface area (Å²) in [4.78, 5) is 31.0. The Morgan fingerprint density at radius 3 is 2.47 bits per heavy atom. The summed E-state index contributed by atoms with van der Waals surface area (Å²) in [5.41, 5.74) is 0.232. The summed E-state index contributed by atoms with van der Waals surface area (Å²) in [6.07, 6.45) is 1.27. The molecule has 1 aliphatic rings. The van der Waals surface area contributed by atoms with Crippen LogP contribution in [0.15, 0.2) is 53.3 Å². The van der Waals surface area contributed by atoms with Crippen molar-refractivity contribution in [2.45, 2.75) is 25.8 Å². The van der Waals surface area contributed by atoms with E-state index in [0.29, 0.717) is 23.5 Å². The van der Waals surface area contributed by atoms with Gasteiger partial charge in [0.25, 0.3) is 11.5 Å². The third-order valence-electron chi connectivity index (χ3n) is 5.48. The average molecular weight is 405 g/mol. The number of aromatic nitrogens is 2. The SMILES string of the molecule is CCCC1NC(=O)c2cc3ccccc3cc2-n2c1nc1cc(F)c(F)cc1c2=O. The number of nitrogens with one attached hydrogen (secondary N) is 1. The second-order valence-corrected chi connectivity index (χ2v) is 7.43. The molecule has 150 valence electrons. The van der Waals surface area contributed by atoms with Gasteiger partial charge in [0.05, 0.1) is 28.2 Å². The summed E-state index contributed by atoms with van der Waals surface area (Å²) >= 11 is 0. The molecule has 0 bridgehead atoms. The molecule has 5 nitrogen and oxygen atoms in total. The van der Waals surface area contributed by atoms with E-state index in [-0.39, 0.29) is 16.8 Å². The predicted molar refractivity (Wildman–Crippen MR) is 110 cm³/mol. The Morgan fingerprint density at radius 1 is 1.03 bits per heavy atom. The van der Waals surface area contributed by atoms with E-state index in [1.807, 2.05) is 31.2 Å². The van der Waals surface area contributed by atoms with E-state index in [1.54, 1.807) is 12.1 Å². The van der Waals surface area contributed by atoms with E-state index in [4.69, 9.17) is 0 Å². The van der Waals surface area contributed by atoms with E-state index in [2.05, 4.69) is 10.3 Å². The Labute approximate surface area is 170 Å². The van der Waals surface area contributed by atoms with Gasteiger partial charge in [0, 0.05) is 6.07 Å². The summed E-state index contributed by atoms with van der Waals surface area (Å²) in [5.74, 6) is -2.20. The molecule has 1 aromatic heterocycles. The van der Waals surface area contributed by atoms with Gasteiger partial charge in [-0.25, -0.2) is 13.8 Å². The number of amides is 1. The van der Waals surface area contributed by atoms with E-state index in [0.717, 1.165) is 29.3 Å². The van der Waals surface area contributed by atoms with Crippen LogP contribution in [0.1, 0.15) is 42.0 Å². The molecule has 0 spiro atoms. The summed E-state index contributed by atoms with van der Waals surface area (Å²) in [6.45, 7) is 1.96. The highest BCUT2D eigenvalue weighted by atomic mass is 19.2. The Kier molecular flexibility index (Phi) is 4.13. The van der Waals surface area contributed by atoms with Gasteiger partial charge < -0.3 is 5.32 Å². The van der Waals surface area contributed by atoms with Gasteiger partial charge in [0.15, 0.2) is 11.6 Å². The Balaban J connectivity index is 1.93. The van der Waals surface area contributed by atoms with Gasteiger partial charge in [-0.15, -0.1) is 0 Å². The molecular weight excluding hydrogens is 388 g/mol. The van der Waals surface area contributed by atoms with Gasteiger partial charge in [-0.05, 0) is 35.4 Å². The normalized spacial score (nSPS) is 15.6. The van der Waals surface area contributed by atoms with Crippen molar-refractivity contribution in [3.05, 3.63) is 81.9 Å². The number of rotatable bonds is 2. The maximum atomic E-state index is 13.9. The fourth-order valence-electron chi connectivity index (χ4n) is 4.05. The molecule has 2 heterocycles. The zero-order valence-electron chi connectivity index (χ0n) is 16.1. The maximum absolute atomic E-state index is 13.9. The van der Waals surface area contributed by atoms with Gasteiger partial charge in [-0.2, -0.15) is 0 Å². The highest BCUT2D eigenvalue weighted by molar-refractivity contribution is 6.03. The highest BCUT2D eigenvalue weighted by Gasteiger charge is 2.29. The molecule has 1 N–H and O–H groups in total. The Bertz CT molecular complexity index is 1410. The van der Waals surface area contributed by atoms with Crippen LogP contribution in [-0.2, 0) is 0 Å². The van der Waals surface area contributed by atoms with E-state index < -0.39 is 23.2 Å². The summed E-state index contributed by atoms with van der Waals surface area (Å²) in [6, 6.07) is 12.3. The first-order valence-corrected chi connectivity index (χ1v) is 9.73. The van der Waals surface area contributed by atoms with Gasteiger partial charge in [-0.3, -0.25) is 14.2 Å². The molecule has 0 aliphatic carbocycles. The fraction of sp³-hybridized carbons (Fsp3) is 0.174. The zero-order chi connectivity index (χ0) is 21.0. The van der Waals surface area contributed by atoms with Gasteiger partial charge >= 0.3 is 0 Å². The topological polar surface area (TPSA) is 64.0 Å². The molecule has 1 unspecified atom stereocenters. The van der Waals surface area contributed by atoms with Crippen molar-refractivity contribution in [2.24, 2.45) is 0 Å². The van der Waals surface area contributed by atoms with Crippen LogP contribution in [0.5, 0.6) is 0 Å². The number of hydrogen-bond acceptors (Lipinski definition) is 3. The molecule has 7 heteroatoms. The first-order chi connectivity index (χ1) is 14.5. The number of hydrogen-bond donors (Lipinski definition) is 1. The van der Waals surface area contributed by atoms with Crippen molar-refractivity contribution < 1.29 is 13.6 Å². The molecular formula is C23H17F2N3O2. The lowest BCUT2D eigenvalue weighted by molar-refractivity contribution is 0.0936. The molecule has 1 amide bonds. The van der Waals surface area contributed by atoms with Crippen LogP contribution in [0, 0.1) is 11.6 Å². The smallest absolute Gasteiger partial charge is 0.266 e. The number of benzene rings is 3. The van der Waals surface area contributed by atoms with Crippen LogP contribution < -0.4 is 10.9 Å². The molecule has 0 radical (unpaired) electrons. The average Bonchev–Trinajstić information content (AvgIpc) is 2.84. The quantitative estimate of drug-likeness (QED) is 0.538. The molecule has 0 fully saturated rings. The first-order valence-electron chi connectivity index (χ1n) is 9.73. The molecule has 1 atom stereocenters. The van der Waals surface area contributed by atoms with Crippen LogP contribution >= 0.6 is 0 Å². The van der Waals surface area contributed by atoms with Crippen LogP contribution in [-0.4, -0.2) is 15.5 Å². The number of carbonyl (C=O) groups excluding carboxylic acids is 1. The number of carbonyl (C=O) groups is 1. The van der Waals surface area contributed by atoms with Crippen molar-refractivity contribution in [3.8, 4) is 5.69 Å². The Morgan fingerprint density at radius 2 is 1.73 bits per heavy atom. The van der Waals surface area contributed by atoms with Crippen LogP contribution in [0.25, 0.3) is 27.4 Å². The summed E-state index contributed by atoms with van der Waals surface area (Å²) in [7, 11) is 0. The predicted octanol–water partition coefficient (Wildman–Crippen LogP) is 4.40. The molecule has 1 aliphatic heterocycles. The summed E-state index contributed by atoms with van der Waals surface area (Å²) < 4.78 is 29.1. The van der Waals surface area contributed by atoms with Crippen LogP contribution in [0.4, 0.5) is 8.78 Å². The number of fused-ring (bicyclic) bond motifs is 5. The van der Waals surface area contributed by atoms with Crippen molar-refractivity contribution >= 4 is 27.6 Å². The van der Waals surface area contributed by atoms with Gasteiger partial charge in [0.2, 0.25) is 0 Å². The van der Waals surface area contributed by atoms with Crippen LogP contribution in [0.3, 0.4) is 0 Å². The van der Waals surface area contributed by atoms with Crippen molar-refractivity contribution in [3.63, 3.8) is 0 Å². The fourth-order valence-corrected chi connectivity index (χ4v) is 4.05. The lowest BCUT2D eigenvalue weighted by Crippen LogP contribution is -2.30. The lowest BCUT2D eigenvalue weighted by atomic mass is 10.0. The number of nitrogens with zero attached hydrogens (tertiary/aromatic N) is 2.